The first-order valence-corrected chi connectivity index (χ1v) is 6.61. The van der Waals surface area contributed by atoms with Crippen LogP contribution in [0.2, 0.25) is 0 Å². The second-order valence-electron chi connectivity index (χ2n) is 4.68. The molecule has 1 aromatic rings. The summed E-state index contributed by atoms with van der Waals surface area (Å²) in [6, 6.07) is 8.01. The predicted octanol–water partition coefficient (Wildman–Crippen LogP) is 2.55. The molecule has 1 N–H and O–H groups in total. The summed E-state index contributed by atoms with van der Waals surface area (Å²) in [7, 11) is 1.65. The van der Waals surface area contributed by atoms with E-state index in [1.54, 1.807) is 14.0 Å². The molecule has 106 valence electrons. The lowest BCUT2D eigenvalue weighted by molar-refractivity contribution is -0.142. The lowest BCUT2D eigenvalue weighted by Gasteiger charge is -2.22. The van der Waals surface area contributed by atoms with Crippen molar-refractivity contribution in [1.82, 2.24) is 5.32 Å². The number of benzene rings is 1. The van der Waals surface area contributed by atoms with Crippen molar-refractivity contribution in [3.05, 3.63) is 29.8 Å². The van der Waals surface area contributed by atoms with Crippen LogP contribution in [0.4, 0.5) is 0 Å². The van der Waals surface area contributed by atoms with Crippen molar-refractivity contribution in [3.8, 4) is 5.75 Å². The maximum Gasteiger partial charge on any atom is 0.319 e. The zero-order chi connectivity index (χ0) is 14.3. The Kier molecular flexibility index (Phi) is 6.36. The monoisotopic (exact) mass is 265 g/mol. The Labute approximate surface area is 115 Å². The van der Waals surface area contributed by atoms with E-state index in [0.29, 0.717) is 12.5 Å². The van der Waals surface area contributed by atoms with Gasteiger partial charge in [0.25, 0.3) is 0 Å². The van der Waals surface area contributed by atoms with E-state index in [-0.39, 0.29) is 18.6 Å². The SMILES string of the molecule is CCOC(=O)CNC(c1ccc(OC)cc1)C(C)C. The third kappa shape index (κ3) is 4.91. The minimum absolute atomic E-state index is 0.121. The lowest BCUT2D eigenvalue weighted by Crippen LogP contribution is -2.31. The van der Waals surface area contributed by atoms with Gasteiger partial charge in [0.15, 0.2) is 0 Å². The van der Waals surface area contributed by atoms with Crippen molar-refractivity contribution >= 4 is 5.97 Å². The van der Waals surface area contributed by atoms with Gasteiger partial charge in [0.05, 0.1) is 20.3 Å². The summed E-state index contributed by atoms with van der Waals surface area (Å²) < 4.78 is 10.1. The Bertz CT molecular complexity index is 387. The van der Waals surface area contributed by atoms with Gasteiger partial charge in [0, 0.05) is 6.04 Å². The minimum Gasteiger partial charge on any atom is -0.497 e. The van der Waals surface area contributed by atoms with E-state index in [1.165, 1.54) is 0 Å². The van der Waals surface area contributed by atoms with Gasteiger partial charge in [-0.05, 0) is 30.5 Å². The summed E-state index contributed by atoms with van der Waals surface area (Å²) in [6.45, 7) is 6.68. The lowest BCUT2D eigenvalue weighted by atomic mass is 9.96. The molecule has 0 saturated heterocycles. The van der Waals surface area contributed by atoms with E-state index in [2.05, 4.69) is 19.2 Å². The predicted molar refractivity (Wildman–Crippen MR) is 75.2 cm³/mol. The van der Waals surface area contributed by atoms with Crippen LogP contribution < -0.4 is 10.1 Å². The van der Waals surface area contributed by atoms with Gasteiger partial charge in [0.2, 0.25) is 0 Å². The third-order valence-electron chi connectivity index (χ3n) is 2.91. The Hall–Kier alpha value is -1.55. The number of methoxy groups -OCH3 is 1. The molecular weight excluding hydrogens is 242 g/mol. The fourth-order valence-corrected chi connectivity index (χ4v) is 1.96. The van der Waals surface area contributed by atoms with Gasteiger partial charge in [-0.2, -0.15) is 0 Å². The molecule has 19 heavy (non-hydrogen) atoms. The molecule has 1 aromatic carbocycles. The summed E-state index contributed by atoms with van der Waals surface area (Å²) in [4.78, 5) is 11.4. The summed E-state index contributed by atoms with van der Waals surface area (Å²) in [5.74, 6) is 0.987. The molecule has 1 atom stereocenters. The summed E-state index contributed by atoms with van der Waals surface area (Å²) in [6.07, 6.45) is 0. The van der Waals surface area contributed by atoms with E-state index >= 15 is 0 Å². The van der Waals surface area contributed by atoms with Crippen LogP contribution in [-0.4, -0.2) is 26.2 Å². The van der Waals surface area contributed by atoms with Gasteiger partial charge in [-0.1, -0.05) is 26.0 Å². The molecule has 0 aromatic heterocycles. The second-order valence-corrected chi connectivity index (χ2v) is 4.68. The quantitative estimate of drug-likeness (QED) is 0.770. The van der Waals surface area contributed by atoms with Crippen LogP contribution in [0.5, 0.6) is 5.75 Å². The highest BCUT2D eigenvalue weighted by Gasteiger charge is 2.16. The largest absolute Gasteiger partial charge is 0.497 e. The van der Waals surface area contributed by atoms with E-state index in [1.807, 2.05) is 24.3 Å². The molecule has 4 heteroatoms. The molecule has 0 aliphatic rings. The van der Waals surface area contributed by atoms with E-state index in [4.69, 9.17) is 9.47 Å². The number of carbonyl (C=O) groups is 1. The number of rotatable bonds is 7. The number of carbonyl (C=O) groups excluding carboxylic acids is 1. The molecule has 0 amide bonds. The number of ether oxygens (including phenoxy) is 2. The van der Waals surface area contributed by atoms with Crippen molar-refractivity contribution < 1.29 is 14.3 Å². The third-order valence-corrected chi connectivity index (χ3v) is 2.91. The van der Waals surface area contributed by atoms with Gasteiger partial charge in [-0.25, -0.2) is 0 Å². The summed E-state index contributed by atoms with van der Waals surface area (Å²) in [5.41, 5.74) is 1.14. The van der Waals surface area contributed by atoms with Crippen molar-refractivity contribution in [2.75, 3.05) is 20.3 Å². The van der Waals surface area contributed by atoms with Crippen LogP contribution in [0.25, 0.3) is 0 Å². The molecule has 0 fully saturated rings. The van der Waals surface area contributed by atoms with Crippen LogP contribution in [0, 0.1) is 5.92 Å². The summed E-state index contributed by atoms with van der Waals surface area (Å²) in [5, 5.41) is 3.24. The van der Waals surface area contributed by atoms with E-state index < -0.39 is 0 Å². The van der Waals surface area contributed by atoms with E-state index in [9.17, 15) is 4.79 Å². The van der Waals surface area contributed by atoms with Crippen molar-refractivity contribution in [1.29, 1.82) is 0 Å². The second kappa shape index (κ2) is 7.79. The van der Waals surface area contributed by atoms with Gasteiger partial charge < -0.3 is 9.47 Å². The Morgan fingerprint density at radius 1 is 1.26 bits per heavy atom. The van der Waals surface area contributed by atoms with Gasteiger partial charge >= 0.3 is 5.97 Å². The molecule has 4 nitrogen and oxygen atoms in total. The molecule has 0 heterocycles. The average molecular weight is 265 g/mol. The summed E-state index contributed by atoms with van der Waals surface area (Å²) >= 11 is 0. The molecule has 1 unspecified atom stereocenters. The van der Waals surface area contributed by atoms with Gasteiger partial charge in [-0.15, -0.1) is 0 Å². The molecule has 1 rings (SSSR count). The minimum atomic E-state index is -0.221. The van der Waals surface area contributed by atoms with Crippen molar-refractivity contribution in [2.24, 2.45) is 5.92 Å². The highest BCUT2D eigenvalue weighted by atomic mass is 16.5. The van der Waals surface area contributed by atoms with E-state index in [0.717, 1.165) is 11.3 Å². The molecule has 0 aliphatic heterocycles. The maximum absolute atomic E-state index is 11.4. The topological polar surface area (TPSA) is 47.6 Å². The Morgan fingerprint density at radius 3 is 2.37 bits per heavy atom. The number of esters is 1. The van der Waals surface area contributed by atoms with Crippen LogP contribution in [0.3, 0.4) is 0 Å². The van der Waals surface area contributed by atoms with Crippen molar-refractivity contribution in [3.63, 3.8) is 0 Å². The van der Waals surface area contributed by atoms with Gasteiger partial charge in [0.1, 0.15) is 5.75 Å². The fourth-order valence-electron chi connectivity index (χ4n) is 1.96. The Balaban J connectivity index is 2.68. The highest BCUT2D eigenvalue weighted by Crippen LogP contribution is 2.23. The molecule has 0 radical (unpaired) electrons. The number of nitrogens with one attached hydrogen (secondary N) is 1. The molecule has 0 spiro atoms. The fraction of sp³-hybridized carbons (Fsp3) is 0.533. The van der Waals surface area contributed by atoms with Gasteiger partial charge in [-0.3, -0.25) is 10.1 Å². The maximum atomic E-state index is 11.4. The average Bonchev–Trinajstić information content (AvgIpc) is 2.39. The van der Waals surface area contributed by atoms with Crippen LogP contribution in [0.15, 0.2) is 24.3 Å². The van der Waals surface area contributed by atoms with Crippen molar-refractivity contribution in [2.45, 2.75) is 26.8 Å². The van der Waals surface area contributed by atoms with Crippen LogP contribution in [0.1, 0.15) is 32.4 Å². The molecule has 0 aliphatic carbocycles. The molecule has 0 saturated carbocycles. The standard InChI is InChI=1S/C15H23NO3/c1-5-19-14(17)10-16-15(11(2)3)12-6-8-13(18-4)9-7-12/h6-9,11,15-16H,5,10H2,1-4H3. The van der Waals surface area contributed by atoms with Crippen LogP contribution in [-0.2, 0) is 9.53 Å². The smallest absolute Gasteiger partial charge is 0.319 e. The highest BCUT2D eigenvalue weighted by molar-refractivity contribution is 5.71. The zero-order valence-electron chi connectivity index (χ0n) is 12.1. The first-order chi connectivity index (χ1) is 9.08. The number of hydrogen-bond acceptors (Lipinski definition) is 4. The molecule has 0 bridgehead atoms. The Morgan fingerprint density at radius 2 is 1.89 bits per heavy atom. The zero-order valence-corrected chi connectivity index (χ0v) is 12.1. The normalized spacial score (nSPS) is 12.3. The first-order valence-electron chi connectivity index (χ1n) is 6.61. The first kappa shape index (κ1) is 15.5. The molecular formula is C15H23NO3. The number of hydrogen-bond donors (Lipinski definition) is 1. The van der Waals surface area contributed by atoms with Crippen LogP contribution >= 0.6 is 0 Å².